The third kappa shape index (κ3) is 3.18. The second kappa shape index (κ2) is 6.88. The maximum atomic E-state index is 4.46. The smallest absolute Gasteiger partial charge is 0.0604 e. The summed E-state index contributed by atoms with van der Waals surface area (Å²) in [6.07, 6.45) is 4.22. The maximum Gasteiger partial charge on any atom is 0.0604 e. The Morgan fingerprint density at radius 1 is 0.958 bits per heavy atom. The molecule has 0 fully saturated rings. The molecule has 1 aliphatic rings. The fourth-order valence-electron chi connectivity index (χ4n) is 3.00. The van der Waals surface area contributed by atoms with Gasteiger partial charge in [-0.1, -0.05) is 74.0 Å². The van der Waals surface area contributed by atoms with Gasteiger partial charge in [-0.2, -0.15) is 5.10 Å². The SMILES string of the molecule is C=C1C(c2ccc(CCC)cc2)=C(c2ccc(C)cc2)C=NN1C. The Morgan fingerprint density at radius 2 is 1.58 bits per heavy atom. The molecule has 0 spiro atoms. The standard InChI is InChI=1S/C22H24N2/c1-5-6-18-9-13-20(14-10-18)22-17(3)24(4)23-15-21(22)19-11-7-16(2)8-12-19/h7-15H,3,5-6H2,1-2,4H3. The molecule has 0 unspecified atom stereocenters. The summed E-state index contributed by atoms with van der Waals surface area (Å²) in [6.45, 7) is 8.57. The summed E-state index contributed by atoms with van der Waals surface area (Å²) in [4.78, 5) is 0. The van der Waals surface area contributed by atoms with Gasteiger partial charge in [-0.3, -0.25) is 5.01 Å². The average Bonchev–Trinajstić information content (AvgIpc) is 2.59. The van der Waals surface area contributed by atoms with Gasteiger partial charge in [0.05, 0.1) is 11.9 Å². The third-order valence-electron chi connectivity index (χ3n) is 4.45. The van der Waals surface area contributed by atoms with Gasteiger partial charge in [-0.25, -0.2) is 0 Å². The molecule has 24 heavy (non-hydrogen) atoms. The first-order valence-corrected chi connectivity index (χ1v) is 8.47. The molecule has 0 bridgehead atoms. The fourth-order valence-corrected chi connectivity index (χ4v) is 3.00. The molecule has 1 heterocycles. The van der Waals surface area contributed by atoms with E-state index < -0.39 is 0 Å². The lowest BCUT2D eigenvalue weighted by atomic mass is 9.91. The van der Waals surface area contributed by atoms with E-state index in [2.05, 4.69) is 74.1 Å². The second-order valence-electron chi connectivity index (χ2n) is 6.32. The van der Waals surface area contributed by atoms with Gasteiger partial charge < -0.3 is 0 Å². The van der Waals surface area contributed by atoms with Crippen LogP contribution < -0.4 is 0 Å². The molecule has 3 rings (SSSR count). The Morgan fingerprint density at radius 3 is 2.21 bits per heavy atom. The minimum atomic E-state index is 0.927. The number of hydrazone groups is 1. The lowest BCUT2D eigenvalue weighted by Crippen LogP contribution is -2.17. The molecule has 2 aromatic carbocycles. The summed E-state index contributed by atoms with van der Waals surface area (Å²) in [7, 11) is 1.94. The van der Waals surface area contributed by atoms with Crippen molar-refractivity contribution >= 4 is 17.4 Å². The van der Waals surface area contributed by atoms with Crippen LogP contribution in [-0.2, 0) is 6.42 Å². The molecule has 0 atom stereocenters. The average molecular weight is 316 g/mol. The highest BCUT2D eigenvalue weighted by Crippen LogP contribution is 2.35. The number of hydrogen-bond donors (Lipinski definition) is 0. The second-order valence-corrected chi connectivity index (χ2v) is 6.32. The van der Waals surface area contributed by atoms with Crippen molar-refractivity contribution in [2.75, 3.05) is 7.05 Å². The molecular weight excluding hydrogens is 292 g/mol. The van der Waals surface area contributed by atoms with Crippen molar-refractivity contribution in [1.29, 1.82) is 0 Å². The summed E-state index contributed by atoms with van der Waals surface area (Å²) in [5.41, 5.74) is 8.20. The van der Waals surface area contributed by atoms with E-state index in [1.807, 2.05) is 18.3 Å². The Kier molecular flexibility index (Phi) is 4.66. The van der Waals surface area contributed by atoms with Gasteiger partial charge in [0.15, 0.2) is 0 Å². The van der Waals surface area contributed by atoms with E-state index in [0.29, 0.717) is 0 Å². The molecule has 0 amide bonds. The highest BCUT2D eigenvalue weighted by Gasteiger charge is 2.19. The lowest BCUT2D eigenvalue weighted by Gasteiger charge is -2.26. The zero-order valence-electron chi connectivity index (χ0n) is 14.7. The van der Waals surface area contributed by atoms with Crippen molar-refractivity contribution in [3.05, 3.63) is 83.1 Å². The van der Waals surface area contributed by atoms with Gasteiger partial charge >= 0.3 is 0 Å². The normalized spacial score (nSPS) is 14.5. The van der Waals surface area contributed by atoms with Gasteiger partial charge in [0.25, 0.3) is 0 Å². The summed E-state index contributed by atoms with van der Waals surface area (Å²) in [5, 5.41) is 6.31. The molecule has 1 aliphatic heterocycles. The Labute approximate surface area is 144 Å². The summed E-state index contributed by atoms with van der Waals surface area (Å²) in [5.74, 6) is 0. The lowest BCUT2D eigenvalue weighted by molar-refractivity contribution is 0.468. The van der Waals surface area contributed by atoms with Crippen LogP contribution >= 0.6 is 0 Å². The molecule has 2 aromatic rings. The van der Waals surface area contributed by atoms with E-state index in [9.17, 15) is 0 Å². The molecule has 122 valence electrons. The van der Waals surface area contributed by atoms with Crippen LogP contribution in [0, 0.1) is 6.92 Å². The fraction of sp³-hybridized carbons (Fsp3) is 0.227. The van der Waals surface area contributed by atoms with Crippen LogP contribution in [0.25, 0.3) is 11.1 Å². The minimum absolute atomic E-state index is 0.927. The van der Waals surface area contributed by atoms with E-state index in [1.54, 1.807) is 0 Å². The van der Waals surface area contributed by atoms with Gasteiger partial charge in [-0.15, -0.1) is 0 Å². The monoisotopic (exact) mass is 316 g/mol. The van der Waals surface area contributed by atoms with Crippen LogP contribution in [0.3, 0.4) is 0 Å². The van der Waals surface area contributed by atoms with E-state index in [-0.39, 0.29) is 0 Å². The zero-order chi connectivity index (χ0) is 17.1. The minimum Gasteiger partial charge on any atom is -0.269 e. The Bertz CT molecular complexity index is 793. The quantitative estimate of drug-likeness (QED) is 0.747. The van der Waals surface area contributed by atoms with Gasteiger partial charge in [0.2, 0.25) is 0 Å². The van der Waals surface area contributed by atoms with Gasteiger partial charge in [0.1, 0.15) is 0 Å². The number of rotatable bonds is 4. The van der Waals surface area contributed by atoms with Crippen LogP contribution in [-0.4, -0.2) is 18.3 Å². The van der Waals surface area contributed by atoms with Crippen molar-refractivity contribution < 1.29 is 0 Å². The highest BCUT2D eigenvalue weighted by molar-refractivity contribution is 6.22. The predicted molar refractivity (Wildman–Crippen MR) is 104 cm³/mol. The topological polar surface area (TPSA) is 15.6 Å². The molecular formula is C22H24N2. The van der Waals surface area contributed by atoms with Crippen molar-refractivity contribution in [3.8, 4) is 0 Å². The largest absolute Gasteiger partial charge is 0.269 e. The van der Waals surface area contributed by atoms with E-state index in [1.165, 1.54) is 28.7 Å². The first-order valence-electron chi connectivity index (χ1n) is 8.47. The highest BCUT2D eigenvalue weighted by atomic mass is 15.4. The molecule has 0 N–H and O–H groups in total. The number of allylic oxidation sites excluding steroid dienone is 2. The molecule has 0 saturated carbocycles. The first-order chi connectivity index (χ1) is 11.6. The molecule has 2 nitrogen and oxygen atoms in total. The van der Waals surface area contributed by atoms with E-state index in [4.69, 9.17) is 0 Å². The number of benzene rings is 2. The van der Waals surface area contributed by atoms with E-state index >= 15 is 0 Å². The van der Waals surface area contributed by atoms with Crippen LogP contribution in [0.1, 0.15) is 35.6 Å². The molecule has 0 saturated heterocycles. The molecule has 2 heteroatoms. The van der Waals surface area contributed by atoms with Crippen LogP contribution in [0.2, 0.25) is 0 Å². The summed E-state index contributed by atoms with van der Waals surface area (Å²) < 4.78 is 0. The third-order valence-corrected chi connectivity index (χ3v) is 4.45. The molecule has 0 aromatic heterocycles. The van der Waals surface area contributed by atoms with Crippen molar-refractivity contribution in [1.82, 2.24) is 5.01 Å². The van der Waals surface area contributed by atoms with Crippen LogP contribution in [0.5, 0.6) is 0 Å². The molecule has 0 aliphatic carbocycles. The van der Waals surface area contributed by atoms with Crippen LogP contribution in [0.15, 0.2) is 65.9 Å². The van der Waals surface area contributed by atoms with Crippen molar-refractivity contribution in [3.63, 3.8) is 0 Å². The van der Waals surface area contributed by atoms with Gasteiger partial charge in [0, 0.05) is 18.2 Å². The Hall–Kier alpha value is -2.61. The zero-order valence-corrected chi connectivity index (χ0v) is 14.7. The maximum absolute atomic E-state index is 4.46. The first kappa shape index (κ1) is 16.3. The van der Waals surface area contributed by atoms with Crippen LogP contribution in [0.4, 0.5) is 0 Å². The van der Waals surface area contributed by atoms with Crippen molar-refractivity contribution in [2.45, 2.75) is 26.7 Å². The Balaban J connectivity index is 2.11. The number of hydrogen-bond acceptors (Lipinski definition) is 2. The van der Waals surface area contributed by atoms with Gasteiger partial charge in [-0.05, 0) is 30.0 Å². The number of nitrogens with zero attached hydrogens (tertiary/aromatic N) is 2. The van der Waals surface area contributed by atoms with E-state index in [0.717, 1.165) is 23.3 Å². The number of likely N-dealkylation sites (N-methyl/N-ethyl adjacent to an activating group) is 1. The molecule has 0 radical (unpaired) electrons. The summed E-state index contributed by atoms with van der Waals surface area (Å²) in [6, 6.07) is 17.4. The van der Waals surface area contributed by atoms with Crippen molar-refractivity contribution in [2.24, 2.45) is 5.10 Å². The predicted octanol–water partition coefficient (Wildman–Crippen LogP) is 5.30. The number of aryl methyl sites for hydroxylation is 2. The summed E-state index contributed by atoms with van der Waals surface area (Å²) >= 11 is 0.